The monoisotopic (exact) mass is 219 g/mol. The van der Waals surface area contributed by atoms with Gasteiger partial charge in [0.1, 0.15) is 12.0 Å². The highest BCUT2D eigenvalue weighted by Gasteiger charge is 2.34. The predicted molar refractivity (Wildman–Crippen MR) is 62.3 cm³/mol. The number of pyridine rings is 1. The molecule has 1 saturated heterocycles. The summed E-state index contributed by atoms with van der Waals surface area (Å²) < 4.78 is 5.74. The second-order valence-electron chi connectivity index (χ2n) is 4.30. The van der Waals surface area contributed by atoms with Gasteiger partial charge in [-0.1, -0.05) is 13.0 Å². The number of rotatable bonds is 1. The van der Waals surface area contributed by atoms with Crippen molar-refractivity contribution in [2.75, 3.05) is 31.1 Å². The van der Waals surface area contributed by atoms with Gasteiger partial charge in [-0.15, -0.1) is 0 Å². The molecule has 1 atom stereocenters. The quantitative estimate of drug-likeness (QED) is 0.706. The number of hydrogen-bond acceptors (Lipinski definition) is 4. The third-order valence-electron chi connectivity index (χ3n) is 3.48. The Bertz CT molecular complexity index is 382. The molecule has 0 bridgehead atoms. The number of nitrogens with zero attached hydrogens (tertiary/aromatic N) is 3. The van der Waals surface area contributed by atoms with Crippen LogP contribution in [0.3, 0.4) is 0 Å². The van der Waals surface area contributed by atoms with Crippen LogP contribution in [0.4, 0.5) is 5.82 Å². The van der Waals surface area contributed by atoms with Gasteiger partial charge in [-0.3, -0.25) is 4.90 Å². The van der Waals surface area contributed by atoms with Crippen molar-refractivity contribution in [2.45, 2.75) is 19.7 Å². The molecule has 0 saturated carbocycles. The molecule has 0 amide bonds. The molecule has 3 heterocycles. The zero-order valence-electron chi connectivity index (χ0n) is 9.59. The molecule has 1 unspecified atom stereocenters. The summed E-state index contributed by atoms with van der Waals surface area (Å²) in [5.41, 5.74) is 1.21. The van der Waals surface area contributed by atoms with Crippen molar-refractivity contribution in [3.8, 4) is 0 Å². The lowest BCUT2D eigenvalue weighted by atomic mass is 10.2. The molecule has 0 aromatic carbocycles. The Hall–Kier alpha value is -1.13. The average molecular weight is 219 g/mol. The van der Waals surface area contributed by atoms with E-state index in [1.165, 1.54) is 5.56 Å². The molecule has 3 rings (SSSR count). The van der Waals surface area contributed by atoms with Crippen LogP contribution in [0, 0.1) is 0 Å². The number of ether oxygens (including phenoxy) is 1. The maximum Gasteiger partial charge on any atom is 0.135 e. The zero-order chi connectivity index (χ0) is 11.0. The molecule has 0 spiro atoms. The van der Waals surface area contributed by atoms with Gasteiger partial charge in [0.2, 0.25) is 0 Å². The fraction of sp³-hybridized carbons (Fsp3) is 0.583. The fourth-order valence-electron chi connectivity index (χ4n) is 2.62. The van der Waals surface area contributed by atoms with E-state index >= 15 is 0 Å². The standard InChI is InChI=1S/C12H17N3O/c1-2-14-6-7-15-11(14)9-16-8-10-4-3-5-13-12(10)15/h3-5,11H,2,6-9H2,1H3. The highest BCUT2D eigenvalue weighted by molar-refractivity contribution is 5.49. The third-order valence-corrected chi connectivity index (χ3v) is 3.48. The summed E-state index contributed by atoms with van der Waals surface area (Å²) in [5.74, 6) is 1.11. The smallest absolute Gasteiger partial charge is 0.135 e. The maximum atomic E-state index is 5.74. The van der Waals surface area contributed by atoms with Gasteiger partial charge in [-0.05, 0) is 12.6 Å². The van der Waals surface area contributed by atoms with Crippen LogP contribution in [0.5, 0.6) is 0 Å². The van der Waals surface area contributed by atoms with Crippen LogP contribution in [0.15, 0.2) is 18.3 Å². The molecular formula is C12H17N3O. The van der Waals surface area contributed by atoms with E-state index in [1.807, 2.05) is 12.3 Å². The SMILES string of the molecule is CCN1CCN2c3ncccc3COCC12. The predicted octanol–water partition coefficient (Wildman–Crippen LogP) is 1.08. The largest absolute Gasteiger partial charge is 0.373 e. The lowest BCUT2D eigenvalue weighted by molar-refractivity contribution is 0.0753. The van der Waals surface area contributed by atoms with Crippen LogP contribution in [0.1, 0.15) is 12.5 Å². The summed E-state index contributed by atoms with van der Waals surface area (Å²) in [4.78, 5) is 9.34. The van der Waals surface area contributed by atoms with Crippen molar-refractivity contribution < 1.29 is 4.74 Å². The number of fused-ring (bicyclic) bond motifs is 3. The topological polar surface area (TPSA) is 28.6 Å². The molecule has 16 heavy (non-hydrogen) atoms. The highest BCUT2D eigenvalue weighted by Crippen LogP contribution is 2.28. The first-order valence-electron chi connectivity index (χ1n) is 5.92. The second kappa shape index (κ2) is 4.03. The van der Waals surface area contributed by atoms with Crippen LogP contribution in [-0.2, 0) is 11.3 Å². The highest BCUT2D eigenvalue weighted by atomic mass is 16.5. The molecule has 4 nitrogen and oxygen atoms in total. The summed E-state index contributed by atoms with van der Waals surface area (Å²) >= 11 is 0. The second-order valence-corrected chi connectivity index (χ2v) is 4.30. The van der Waals surface area contributed by atoms with E-state index in [1.54, 1.807) is 0 Å². The minimum absolute atomic E-state index is 0.376. The molecule has 2 aliphatic rings. The third kappa shape index (κ3) is 1.49. The summed E-state index contributed by atoms with van der Waals surface area (Å²) in [6, 6.07) is 4.09. The van der Waals surface area contributed by atoms with E-state index in [0.29, 0.717) is 12.8 Å². The molecule has 0 N–H and O–H groups in total. The summed E-state index contributed by atoms with van der Waals surface area (Å²) in [7, 11) is 0. The van der Waals surface area contributed by atoms with Gasteiger partial charge in [0.15, 0.2) is 0 Å². The van der Waals surface area contributed by atoms with Gasteiger partial charge >= 0.3 is 0 Å². The summed E-state index contributed by atoms with van der Waals surface area (Å²) in [6.07, 6.45) is 2.25. The van der Waals surface area contributed by atoms with E-state index in [9.17, 15) is 0 Å². The Kier molecular flexibility index (Phi) is 2.53. The number of anilines is 1. The van der Waals surface area contributed by atoms with E-state index < -0.39 is 0 Å². The molecule has 1 fully saturated rings. The van der Waals surface area contributed by atoms with Gasteiger partial charge < -0.3 is 9.64 Å². The first-order chi connectivity index (χ1) is 7.90. The summed E-state index contributed by atoms with van der Waals surface area (Å²) in [6.45, 7) is 6.92. The van der Waals surface area contributed by atoms with Crippen LogP contribution >= 0.6 is 0 Å². The normalized spacial score (nSPS) is 25.1. The lowest BCUT2D eigenvalue weighted by Gasteiger charge is -2.28. The molecule has 1 aromatic heterocycles. The molecule has 86 valence electrons. The Morgan fingerprint density at radius 1 is 1.50 bits per heavy atom. The van der Waals surface area contributed by atoms with Crippen molar-refractivity contribution >= 4 is 5.82 Å². The lowest BCUT2D eigenvalue weighted by Crippen LogP contribution is -2.41. The van der Waals surface area contributed by atoms with Crippen molar-refractivity contribution in [3.05, 3.63) is 23.9 Å². The molecular weight excluding hydrogens is 202 g/mol. The molecule has 0 radical (unpaired) electrons. The van der Waals surface area contributed by atoms with E-state index in [0.717, 1.165) is 32.1 Å². The van der Waals surface area contributed by atoms with E-state index in [4.69, 9.17) is 4.74 Å². The molecule has 0 aliphatic carbocycles. The average Bonchev–Trinajstić information content (AvgIpc) is 2.64. The van der Waals surface area contributed by atoms with Gasteiger partial charge in [-0.2, -0.15) is 0 Å². The van der Waals surface area contributed by atoms with Crippen LogP contribution < -0.4 is 4.90 Å². The number of likely N-dealkylation sites (N-methyl/N-ethyl adjacent to an activating group) is 1. The minimum atomic E-state index is 0.376. The van der Waals surface area contributed by atoms with Gasteiger partial charge in [0.25, 0.3) is 0 Å². The van der Waals surface area contributed by atoms with Crippen LogP contribution in [-0.4, -0.2) is 42.3 Å². The number of aromatic nitrogens is 1. The van der Waals surface area contributed by atoms with Crippen molar-refractivity contribution in [1.29, 1.82) is 0 Å². The molecule has 4 heteroatoms. The first-order valence-corrected chi connectivity index (χ1v) is 5.92. The number of hydrogen-bond donors (Lipinski definition) is 0. The van der Waals surface area contributed by atoms with Crippen LogP contribution in [0.2, 0.25) is 0 Å². The maximum absolute atomic E-state index is 5.74. The van der Waals surface area contributed by atoms with Crippen molar-refractivity contribution in [2.24, 2.45) is 0 Å². The van der Waals surface area contributed by atoms with Gasteiger partial charge in [0.05, 0.1) is 13.2 Å². The Morgan fingerprint density at radius 2 is 2.44 bits per heavy atom. The van der Waals surface area contributed by atoms with E-state index in [-0.39, 0.29) is 0 Å². The molecule has 2 aliphatic heterocycles. The van der Waals surface area contributed by atoms with Crippen molar-refractivity contribution in [1.82, 2.24) is 9.88 Å². The van der Waals surface area contributed by atoms with Gasteiger partial charge in [-0.25, -0.2) is 4.98 Å². The zero-order valence-corrected chi connectivity index (χ0v) is 9.59. The Balaban J connectivity index is 1.97. The molecule has 1 aromatic rings. The fourth-order valence-corrected chi connectivity index (χ4v) is 2.62. The van der Waals surface area contributed by atoms with Crippen LogP contribution in [0.25, 0.3) is 0 Å². The Labute approximate surface area is 95.8 Å². The first kappa shape index (κ1) is 10.1. The minimum Gasteiger partial charge on any atom is -0.373 e. The summed E-state index contributed by atoms with van der Waals surface area (Å²) in [5, 5.41) is 0. The van der Waals surface area contributed by atoms with E-state index in [2.05, 4.69) is 27.8 Å². The van der Waals surface area contributed by atoms with Gasteiger partial charge in [0, 0.05) is 24.8 Å². The van der Waals surface area contributed by atoms with Crippen molar-refractivity contribution in [3.63, 3.8) is 0 Å². The Morgan fingerprint density at radius 3 is 3.31 bits per heavy atom.